The van der Waals surface area contributed by atoms with E-state index in [4.69, 9.17) is 9.84 Å². The molecule has 1 fully saturated rings. The molecule has 1 unspecified atom stereocenters. The first kappa shape index (κ1) is 15.9. The van der Waals surface area contributed by atoms with Crippen molar-refractivity contribution in [3.05, 3.63) is 29.3 Å². The van der Waals surface area contributed by atoms with Gasteiger partial charge in [0.15, 0.2) is 0 Å². The van der Waals surface area contributed by atoms with Crippen LogP contribution in [0.25, 0.3) is 0 Å². The number of hydrogen-bond donors (Lipinski definition) is 1. The van der Waals surface area contributed by atoms with Gasteiger partial charge in [0, 0.05) is 19.0 Å². The van der Waals surface area contributed by atoms with Gasteiger partial charge >= 0.3 is 0 Å². The highest BCUT2D eigenvalue weighted by Gasteiger charge is 2.30. The maximum atomic E-state index is 8.82. The monoisotopic (exact) mass is 287 g/mol. The Labute approximate surface area is 127 Å². The van der Waals surface area contributed by atoms with Crippen molar-refractivity contribution in [2.75, 3.05) is 20.8 Å². The molecule has 1 aromatic rings. The van der Waals surface area contributed by atoms with E-state index in [-0.39, 0.29) is 6.61 Å². The van der Waals surface area contributed by atoms with Gasteiger partial charge < -0.3 is 9.84 Å². The van der Waals surface area contributed by atoms with Crippen LogP contribution < -0.4 is 4.74 Å². The number of rotatable bonds is 6. The lowest BCUT2D eigenvalue weighted by atomic mass is 10.1. The Morgan fingerprint density at radius 2 is 2.19 bits per heavy atom. The molecular weight excluding hydrogens is 262 g/mol. The maximum absolute atomic E-state index is 8.82. The van der Waals surface area contributed by atoms with E-state index in [1.807, 2.05) is 6.07 Å². The average molecular weight is 287 g/mol. The second kappa shape index (κ2) is 7.49. The zero-order chi connectivity index (χ0) is 15.2. The molecule has 1 N–H and O–H groups in total. The zero-order valence-corrected chi connectivity index (χ0v) is 13.2. The van der Waals surface area contributed by atoms with Crippen LogP contribution in [-0.2, 0) is 6.54 Å². The highest BCUT2D eigenvalue weighted by molar-refractivity contribution is 5.48. The third-order valence-electron chi connectivity index (χ3n) is 4.16. The van der Waals surface area contributed by atoms with Gasteiger partial charge in [0.05, 0.1) is 19.3 Å². The Morgan fingerprint density at radius 1 is 1.43 bits per heavy atom. The summed E-state index contributed by atoms with van der Waals surface area (Å²) in [6, 6.07) is 6.82. The zero-order valence-electron chi connectivity index (χ0n) is 13.2. The molecule has 0 aliphatic heterocycles. The van der Waals surface area contributed by atoms with Crippen molar-refractivity contribution in [2.45, 2.75) is 38.8 Å². The smallest absolute Gasteiger partial charge is 0.134 e. The molecular formula is C18H25NO2. The molecule has 3 heteroatoms. The average Bonchev–Trinajstić information content (AvgIpc) is 3.31. The van der Waals surface area contributed by atoms with E-state index in [1.54, 1.807) is 7.11 Å². The largest absolute Gasteiger partial charge is 0.495 e. The molecule has 2 rings (SSSR count). The Bertz CT molecular complexity index is 526. The molecule has 1 aliphatic carbocycles. The highest BCUT2D eigenvalue weighted by atomic mass is 16.5. The van der Waals surface area contributed by atoms with E-state index in [0.717, 1.165) is 23.8 Å². The van der Waals surface area contributed by atoms with E-state index < -0.39 is 0 Å². The molecule has 0 radical (unpaired) electrons. The van der Waals surface area contributed by atoms with Gasteiger partial charge in [0.1, 0.15) is 5.75 Å². The summed E-state index contributed by atoms with van der Waals surface area (Å²) in [5, 5.41) is 8.82. The Hall–Kier alpha value is -1.50. The third-order valence-corrected chi connectivity index (χ3v) is 4.16. The lowest BCUT2D eigenvalue weighted by Gasteiger charge is -2.24. The van der Waals surface area contributed by atoms with Crippen molar-refractivity contribution in [1.29, 1.82) is 0 Å². The number of ether oxygens (including phenoxy) is 1. The van der Waals surface area contributed by atoms with Crippen molar-refractivity contribution in [3.63, 3.8) is 0 Å². The van der Waals surface area contributed by atoms with Gasteiger partial charge in [-0.15, -0.1) is 0 Å². The second-order valence-electron chi connectivity index (χ2n) is 5.80. The summed E-state index contributed by atoms with van der Waals surface area (Å²) < 4.78 is 5.35. The van der Waals surface area contributed by atoms with Crippen LogP contribution in [0, 0.1) is 17.8 Å². The molecule has 114 valence electrons. The van der Waals surface area contributed by atoms with Gasteiger partial charge in [-0.1, -0.05) is 17.9 Å². The molecule has 0 heterocycles. The first-order chi connectivity index (χ1) is 10.2. The first-order valence-electron chi connectivity index (χ1n) is 7.62. The van der Waals surface area contributed by atoms with E-state index in [2.05, 4.69) is 42.8 Å². The second-order valence-corrected chi connectivity index (χ2v) is 5.80. The lowest BCUT2D eigenvalue weighted by molar-refractivity contribution is 0.226. The van der Waals surface area contributed by atoms with Crippen LogP contribution in [0.4, 0.5) is 0 Å². The number of methoxy groups -OCH3 is 1. The van der Waals surface area contributed by atoms with Crippen molar-refractivity contribution in [1.82, 2.24) is 4.90 Å². The van der Waals surface area contributed by atoms with Crippen LogP contribution in [0.1, 0.15) is 37.3 Å². The summed E-state index contributed by atoms with van der Waals surface area (Å²) in [5.74, 6) is 7.72. The molecule has 0 amide bonds. The van der Waals surface area contributed by atoms with Gasteiger partial charge in [-0.05, 0) is 50.4 Å². The summed E-state index contributed by atoms with van der Waals surface area (Å²) in [5.41, 5.74) is 2.15. The van der Waals surface area contributed by atoms with Crippen LogP contribution in [0.15, 0.2) is 18.2 Å². The maximum Gasteiger partial charge on any atom is 0.134 e. The number of aliphatic hydroxyl groups is 1. The number of nitrogens with zero attached hydrogens (tertiary/aromatic N) is 1. The van der Waals surface area contributed by atoms with E-state index in [9.17, 15) is 0 Å². The molecule has 1 saturated carbocycles. The molecule has 0 spiro atoms. The van der Waals surface area contributed by atoms with Gasteiger partial charge in [0.25, 0.3) is 0 Å². The van der Waals surface area contributed by atoms with Crippen molar-refractivity contribution < 1.29 is 9.84 Å². The molecule has 0 saturated heterocycles. The Kier molecular flexibility index (Phi) is 5.67. The molecule has 1 atom stereocenters. The fraction of sp³-hybridized carbons (Fsp3) is 0.556. The standard InChI is InChI=1S/C18H25NO2/c1-14(16-8-9-16)19(2)13-15-7-10-18(21-3)17(12-15)6-4-5-11-20/h7,10,12,14,16,20H,5,8-9,11,13H2,1-3H3. The van der Waals surface area contributed by atoms with Crippen molar-refractivity contribution in [3.8, 4) is 17.6 Å². The van der Waals surface area contributed by atoms with Crippen LogP contribution >= 0.6 is 0 Å². The lowest BCUT2D eigenvalue weighted by Crippen LogP contribution is -2.30. The highest BCUT2D eigenvalue weighted by Crippen LogP contribution is 2.35. The molecule has 3 nitrogen and oxygen atoms in total. The third kappa shape index (κ3) is 4.49. The Morgan fingerprint density at radius 3 is 2.81 bits per heavy atom. The number of aliphatic hydroxyl groups excluding tert-OH is 1. The minimum Gasteiger partial charge on any atom is -0.495 e. The summed E-state index contributed by atoms with van der Waals surface area (Å²) in [6.45, 7) is 3.33. The van der Waals surface area contributed by atoms with Crippen LogP contribution in [0.2, 0.25) is 0 Å². The van der Waals surface area contributed by atoms with Crippen LogP contribution in [0.5, 0.6) is 5.75 Å². The number of benzene rings is 1. The predicted octanol–water partition coefficient (Wildman–Crippen LogP) is 2.66. The molecule has 21 heavy (non-hydrogen) atoms. The quantitative estimate of drug-likeness (QED) is 0.817. The first-order valence-corrected chi connectivity index (χ1v) is 7.62. The molecule has 0 aromatic heterocycles. The summed E-state index contributed by atoms with van der Waals surface area (Å²) in [7, 11) is 3.85. The molecule has 1 aromatic carbocycles. The minimum atomic E-state index is 0.0939. The predicted molar refractivity (Wildman–Crippen MR) is 85.2 cm³/mol. The summed E-state index contributed by atoms with van der Waals surface area (Å²) in [6.07, 6.45) is 3.23. The fourth-order valence-corrected chi connectivity index (χ4v) is 2.54. The normalized spacial score (nSPS) is 15.5. The molecule has 1 aliphatic rings. The topological polar surface area (TPSA) is 32.7 Å². The summed E-state index contributed by atoms with van der Waals surface area (Å²) >= 11 is 0. The minimum absolute atomic E-state index is 0.0939. The fourth-order valence-electron chi connectivity index (χ4n) is 2.54. The van der Waals surface area contributed by atoms with Crippen LogP contribution in [0.3, 0.4) is 0 Å². The summed E-state index contributed by atoms with van der Waals surface area (Å²) in [4.78, 5) is 2.41. The van der Waals surface area contributed by atoms with Gasteiger partial charge in [0.2, 0.25) is 0 Å². The van der Waals surface area contributed by atoms with Crippen LogP contribution in [-0.4, -0.2) is 36.8 Å². The van der Waals surface area contributed by atoms with Gasteiger partial charge in [-0.2, -0.15) is 0 Å². The van der Waals surface area contributed by atoms with E-state index in [0.29, 0.717) is 12.5 Å². The van der Waals surface area contributed by atoms with Gasteiger partial charge in [-0.25, -0.2) is 0 Å². The van der Waals surface area contributed by atoms with E-state index in [1.165, 1.54) is 18.4 Å². The SMILES string of the molecule is COc1ccc(CN(C)C(C)C2CC2)cc1C#CCCO. The number of hydrogen-bond acceptors (Lipinski definition) is 3. The van der Waals surface area contributed by atoms with E-state index >= 15 is 0 Å². The van der Waals surface area contributed by atoms with Crippen molar-refractivity contribution in [2.24, 2.45) is 5.92 Å². The molecule has 0 bridgehead atoms. The van der Waals surface area contributed by atoms with Crippen molar-refractivity contribution >= 4 is 0 Å². The van der Waals surface area contributed by atoms with Gasteiger partial charge in [-0.3, -0.25) is 4.90 Å². The Balaban J connectivity index is 2.09.